The number of aromatic nitrogens is 1. The van der Waals surface area contributed by atoms with Gasteiger partial charge in [-0.2, -0.15) is 5.26 Å². The molecular formula is C21H21N3O2S. The zero-order chi connectivity index (χ0) is 19.0. The van der Waals surface area contributed by atoms with Gasteiger partial charge in [0.2, 0.25) is 10.0 Å². The van der Waals surface area contributed by atoms with Crippen LogP contribution in [0.4, 0.5) is 5.69 Å². The van der Waals surface area contributed by atoms with E-state index in [-0.39, 0.29) is 0 Å². The summed E-state index contributed by atoms with van der Waals surface area (Å²) in [5.74, 6) is 0. The van der Waals surface area contributed by atoms with Gasteiger partial charge in [-0.05, 0) is 42.7 Å². The molecule has 0 amide bonds. The van der Waals surface area contributed by atoms with E-state index < -0.39 is 10.0 Å². The Kier molecular flexibility index (Phi) is 4.40. The zero-order valence-electron chi connectivity index (χ0n) is 15.1. The second kappa shape index (κ2) is 6.75. The molecule has 0 radical (unpaired) electrons. The number of fused-ring (bicyclic) bond motifs is 1. The molecule has 1 heterocycles. The molecule has 5 nitrogen and oxygen atoms in total. The normalized spacial score (nSPS) is 15.1. The van der Waals surface area contributed by atoms with E-state index in [1.165, 1.54) is 12.8 Å². The number of nitrogens with zero attached hydrogens (tertiary/aromatic N) is 2. The predicted octanol–water partition coefficient (Wildman–Crippen LogP) is 4.67. The van der Waals surface area contributed by atoms with Crippen molar-refractivity contribution in [1.29, 1.82) is 5.26 Å². The molecule has 27 heavy (non-hydrogen) atoms. The molecule has 1 N–H and O–H groups in total. The van der Waals surface area contributed by atoms with Gasteiger partial charge in [-0.3, -0.25) is 4.72 Å². The Bertz CT molecular complexity index is 1130. The number of hydrogen-bond donors (Lipinski definition) is 1. The van der Waals surface area contributed by atoms with Crippen LogP contribution in [0.1, 0.15) is 37.3 Å². The lowest BCUT2D eigenvalue weighted by Crippen LogP contribution is -2.09. The maximum absolute atomic E-state index is 11.6. The monoisotopic (exact) mass is 379 g/mol. The molecule has 0 saturated heterocycles. The molecule has 1 aromatic heterocycles. The van der Waals surface area contributed by atoms with Crippen LogP contribution < -0.4 is 4.72 Å². The molecule has 1 saturated carbocycles. The van der Waals surface area contributed by atoms with Gasteiger partial charge >= 0.3 is 0 Å². The number of benzene rings is 2. The van der Waals surface area contributed by atoms with Crippen LogP contribution in [-0.2, 0) is 10.0 Å². The average molecular weight is 379 g/mol. The Labute approximate surface area is 159 Å². The molecule has 0 spiro atoms. The number of sulfonamides is 1. The molecule has 0 bridgehead atoms. The van der Waals surface area contributed by atoms with Gasteiger partial charge in [0.25, 0.3) is 0 Å². The standard InChI is InChI=1S/C21H21N3O2S/c1-27(25,26)23-17-10-11-19-20(16-8-6-15(13-22)7-9-16)14-24(21(19)12-17)18-4-2-3-5-18/h6-12,14,18,23H,2-5H2,1H3. The third-order valence-corrected chi connectivity index (χ3v) is 5.79. The Hall–Kier alpha value is -2.78. The van der Waals surface area contributed by atoms with Gasteiger partial charge in [0, 0.05) is 23.2 Å². The molecule has 4 rings (SSSR count). The predicted molar refractivity (Wildman–Crippen MR) is 108 cm³/mol. The average Bonchev–Trinajstić information content (AvgIpc) is 3.27. The van der Waals surface area contributed by atoms with Gasteiger partial charge in [-0.15, -0.1) is 0 Å². The minimum atomic E-state index is -3.32. The van der Waals surface area contributed by atoms with Crippen molar-refractivity contribution in [2.75, 3.05) is 11.0 Å². The van der Waals surface area contributed by atoms with Crippen molar-refractivity contribution in [2.45, 2.75) is 31.7 Å². The topological polar surface area (TPSA) is 74.9 Å². The van der Waals surface area contributed by atoms with Crippen LogP contribution in [0.15, 0.2) is 48.7 Å². The second-order valence-corrected chi connectivity index (χ2v) is 8.93. The van der Waals surface area contributed by atoms with Gasteiger partial charge in [-0.25, -0.2) is 8.42 Å². The lowest BCUT2D eigenvalue weighted by Gasteiger charge is -2.14. The van der Waals surface area contributed by atoms with Gasteiger partial charge in [-0.1, -0.05) is 31.0 Å². The first-order chi connectivity index (χ1) is 12.9. The quantitative estimate of drug-likeness (QED) is 0.716. The maximum atomic E-state index is 11.6. The smallest absolute Gasteiger partial charge is 0.229 e. The van der Waals surface area contributed by atoms with Crippen molar-refractivity contribution in [3.05, 3.63) is 54.2 Å². The van der Waals surface area contributed by atoms with Crippen LogP contribution in [0.5, 0.6) is 0 Å². The molecule has 6 heteroatoms. The third kappa shape index (κ3) is 3.56. The van der Waals surface area contributed by atoms with Crippen molar-refractivity contribution in [1.82, 2.24) is 4.57 Å². The largest absolute Gasteiger partial charge is 0.344 e. The van der Waals surface area contributed by atoms with Crippen LogP contribution in [0.25, 0.3) is 22.0 Å². The van der Waals surface area contributed by atoms with E-state index in [2.05, 4.69) is 21.6 Å². The summed E-state index contributed by atoms with van der Waals surface area (Å²) in [5, 5.41) is 10.1. The van der Waals surface area contributed by atoms with Crippen molar-refractivity contribution >= 4 is 26.6 Å². The van der Waals surface area contributed by atoms with Crippen molar-refractivity contribution in [3.8, 4) is 17.2 Å². The minimum absolute atomic E-state index is 0.438. The minimum Gasteiger partial charge on any atom is -0.344 e. The van der Waals surface area contributed by atoms with Gasteiger partial charge in [0.15, 0.2) is 0 Å². The number of rotatable bonds is 4. The summed E-state index contributed by atoms with van der Waals surface area (Å²) in [6.07, 6.45) is 8.05. The SMILES string of the molecule is CS(=O)(=O)Nc1ccc2c(-c3ccc(C#N)cc3)cn(C3CCCC3)c2c1. The Morgan fingerprint density at radius 2 is 1.81 bits per heavy atom. The van der Waals surface area contributed by atoms with Gasteiger partial charge in [0.1, 0.15) is 0 Å². The summed E-state index contributed by atoms with van der Waals surface area (Å²) in [4.78, 5) is 0. The number of nitriles is 1. The fourth-order valence-corrected chi connectivity index (χ4v) is 4.52. The summed E-state index contributed by atoms with van der Waals surface area (Å²) in [5.41, 5.74) is 4.41. The first-order valence-electron chi connectivity index (χ1n) is 9.07. The summed E-state index contributed by atoms with van der Waals surface area (Å²) in [6.45, 7) is 0. The lowest BCUT2D eigenvalue weighted by molar-refractivity contribution is 0.536. The van der Waals surface area contributed by atoms with Crippen molar-refractivity contribution in [2.24, 2.45) is 0 Å². The summed E-state index contributed by atoms with van der Waals surface area (Å²) >= 11 is 0. The van der Waals surface area contributed by atoms with Gasteiger partial charge < -0.3 is 4.57 Å². The molecule has 2 aromatic carbocycles. The van der Waals surface area contributed by atoms with Crippen LogP contribution in [0.3, 0.4) is 0 Å². The van der Waals surface area contributed by atoms with E-state index in [0.717, 1.165) is 41.1 Å². The lowest BCUT2D eigenvalue weighted by atomic mass is 10.0. The first-order valence-corrected chi connectivity index (χ1v) is 11.0. The summed E-state index contributed by atoms with van der Waals surface area (Å²) < 4.78 is 28.1. The molecule has 3 aromatic rings. The van der Waals surface area contributed by atoms with Crippen LogP contribution in [-0.4, -0.2) is 19.2 Å². The van der Waals surface area contributed by atoms with Crippen LogP contribution in [0.2, 0.25) is 0 Å². The fourth-order valence-electron chi connectivity index (χ4n) is 3.97. The first kappa shape index (κ1) is 17.6. The zero-order valence-corrected chi connectivity index (χ0v) is 16.0. The highest BCUT2D eigenvalue weighted by Gasteiger charge is 2.21. The maximum Gasteiger partial charge on any atom is 0.229 e. The molecule has 138 valence electrons. The van der Waals surface area contributed by atoms with E-state index in [4.69, 9.17) is 5.26 Å². The molecule has 1 aliphatic carbocycles. The van der Waals surface area contributed by atoms with E-state index in [1.54, 1.807) is 6.07 Å². The highest BCUT2D eigenvalue weighted by atomic mass is 32.2. The fraction of sp³-hybridized carbons (Fsp3) is 0.286. The Balaban J connectivity index is 1.87. The van der Waals surface area contributed by atoms with Crippen molar-refractivity contribution in [3.63, 3.8) is 0 Å². The second-order valence-electron chi connectivity index (χ2n) is 7.18. The highest BCUT2D eigenvalue weighted by Crippen LogP contribution is 2.38. The van der Waals surface area contributed by atoms with E-state index >= 15 is 0 Å². The van der Waals surface area contributed by atoms with Crippen LogP contribution >= 0.6 is 0 Å². The molecule has 0 aliphatic heterocycles. The molecule has 1 fully saturated rings. The summed E-state index contributed by atoms with van der Waals surface area (Å²) in [7, 11) is -3.32. The number of hydrogen-bond acceptors (Lipinski definition) is 3. The molecular weight excluding hydrogens is 358 g/mol. The molecule has 0 atom stereocenters. The number of anilines is 1. The third-order valence-electron chi connectivity index (χ3n) is 5.18. The van der Waals surface area contributed by atoms with Gasteiger partial charge in [0.05, 0.1) is 29.1 Å². The summed E-state index contributed by atoms with van der Waals surface area (Å²) in [6, 6.07) is 15.9. The molecule has 0 unspecified atom stereocenters. The Morgan fingerprint density at radius 3 is 2.44 bits per heavy atom. The van der Waals surface area contributed by atoms with Crippen LogP contribution in [0, 0.1) is 11.3 Å². The highest BCUT2D eigenvalue weighted by molar-refractivity contribution is 7.92. The Morgan fingerprint density at radius 1 is 1.11 bits per heavy atom. The molecule has 1 aliphatic rings. The van der Waals surface area contributed by atoms with E-state index in [0.29, 0.717) is 17.3 Å². The number of nitrogens with one attached hydrogen (secondary N) is 1. The van der Waals surface area contributed by atoms with E-state index in [1.807, 2.05) is 36.4 Å². The van der Waals surface area contributed by atoms with E-state index in [9.17, 15) is 8.42 Å². The van der Waals surface area contributed by atoms with Crippen molar-refractivity contribution < 1.29 is 8.42 Å².